The van der Waals surface area contributed by atoms with Gasteiger partial charge in [0, 0.05) is 36.3 Å². The molecule has 1 aliphatic carbocycles. The number of amides is 1. The van der Waals surface area contributed by atoms with Crippen LogP contribution in [0, 0.1) is 0 Å². The van der Waals surface area contributed by atoms with Crippen molar-refractivity contribution in [1.82, 2.24) is 35.0 Å². The van der Waals surface area contributed by atoms with Crippen LogP contribution in [0.5, 0.6) is 5.75 Å². The lowest BCUT2D eigenvalue weighted by molar-refractivity contribution is 0.0963. The Balaban J connectivity index is 1.53. The fourth-order valence-corrected chi connectivity index (χ4v) is 3.76. The van der Waals surface area contributed by atoms with Gasteiger partial charge in [-0.2, -0.15) is 15.1 Å². The number of carbonyl (C=O) groups is 1. The largest absolute Gasteiger partial charge is 0.495 e. The van der Waals surface area contributed by atoms with E-state index in [0.717, 1.165) is 5.69 Å². The summed E-state index contributed by atoms with van der Waals surface area (Å²) >= 11 is 0. The van der Waals surface area contributed by atoms with E-state index in [1.807, 2.05) is 10.6 Å². The Labute approximate surface area is 196 Å². The maximum absolute atomic E-state index is 12.0. The molecule has 1 aliphatic rings. The second-order valence-electron chi connectivity index (χ2n) is 8.54. The zero-order chi connectivity index (χ0) is 23.8. The molecular weight excluding hydrogens is 434 g/mol. The van der Waals surface area contributed by atoms with Gasteiger partial charge >= 0.3 is 0 Å². The first kappa shape index (κ1) is 21.7. The summed E-state index contributed by atoms with van der Waals surface area (Å²) in [5.41, 5.74) is 3.59. The Morgan fingerprint density at radius 2 is 2.03 bits per heavy atom. The fourth-order valence-electron chi connectivity index (χ4n) is 3.76. The van der Waals surface area contributed by atoms with Crippen LogP contribution in [0.15, 0.2) is 30.6 Å². The van der Waals surface area contributed by atoms with Gasteiger partial charge in [0.05, 0.1) is 19.1 Å². The summed E-state index contributed by atoms with van der Waals surface area (Å²) in [5.74, 6) is 2.45. The lowest BCUT2D eigenvalue weighted by Gasteiger charge is -2.14. The molecule has 1 amide bonds. The number of rotatable bonds is 8. The lowest BCUT2D eigenvalue weighted by Crippen LogP contribution is -2.17. The van der Waals surface area contributed by atoms with Crippen LogP contribution in [0.4, 0.5) is 23.3 Å². The Hall–Kier alpha value is -4.15. The second-order valence-corrected chi connectivity index (χ2v) is 8.54. The number of hydrogen-bond acceptors (Lipinski definition) is 8. The number of ether oxygens (including phenoxy) is 1. The Kier molecular flexibility index (Phi) is 5.52. The van der Waals surface area contributed by atoms with Gasteiger partial charge in [0.1, 0.15) is 5.75 Å². The standard InChI is InChI=1S/C23H27N9O2/c1-12(2)32-11-25-19-20(27-18-10-16(30-31-18)13-5-6-13)28-23(29-21(19)32)26-15-8-7-14(22(33)24-3)9-17(15)34-4/h7-13H,5-6H2,1-4H3,(H,24,33)(H3,26,27,28,29,30,31). The maximum atomic E-state index is 12.0. The number of aromatic nitrogens is 6. The summed E-state index contributed by atoms with van der Waals surface area (Å²) in [6.45, 7) is 4.14. The highest BCUT2D eigenvalue weighted by molar-refractivity contribution is 5.95. The van der Waals surface area contributed by atoms with Crippen molar-refractivity contribution in [1.29, 1.82) is 0 Å². The molecule has 0 bridgehead atoms. The van der Waals surface area contributed by atoms with E-state index in [-0.39, 0.29) is 11.9 Å². The SMILES string of the molecule is CNC(=O)c1ccc(Nc2nc(Nc3cc(C4CC4)[nH]n3)c3ncn(C(C)C)c3n2)c(OC)c1. The van der Waals surface area contributed by atoms with Gasteiger partial charge in [0.15, 0.2) is 22.8 Å². The zero-order valence-corrected chi connectivity index (χ0v) is 19.5. The molecule has 0 radical (unpaired) electrons. The third-order valence-electron chi connectivity index (χ3n) is 5.78. The number of anilines is 4. The van der Waals surface area contributed by atoms with Gasteiger partial charge in [0.25, 0.3) is 5.91 Å². The van der Waals surface area contributed by atoms with Gasteiger partial charge in [-0.1, -0.05) is 0 Å². The number of H-pyrrole nitrogens is 1. The predicted molar refractivity (Wildman–Crippen MR) is 129 cm³/mol. The molecule has 34 heavy (non-hydrogen) atoms. The maximum Gasteiger partial charge on any atom is 0.251 e. The van der Waals surface area contributed by atoms with Crippen LogP contribution in [0.2, 0.25) is 0 Å². The van der Waals surface area contributed by atoms with E-state index < -0.39 is 0 Å². The number of carbonyl (C=O) groups excluding carboxylic acids is 1. The summed E-state index contributed by atoms with van der Waals surface area (Å²) in [7, 11) is 3.14. The van der Waals surface area contributed by atoms with E-state index in [0.29, 0.717) is 51.7 Å². The number of fused-ring (bicyclic) bond motifs is 1. The summed E-state index contributed by atoms with van der Waals surface area (Å²) < 4.78 is 7.48. The summed E-state index contributed by atoms with van der Waals surface area (Å²) in [4.78, 5) is 26.0. The number of methoxy groups -OCH3 is 1. The highest BCUT2D eigenvalue weighted by Crippen LogP contribution is 2.40. The van der Waals surface area contributed by atoms with Crippen molar-refractivity contribution in [3.05, 3.63) is 41.9 Å². The summed E-state index contributed by atoms with van der Waals surface area (Å²) in [6.07, 6.45) is 4.14. The van der Waals surface area contributed by atoms with Gasteiger partial charge in [-0.25, -0.2) is 4.98 Å². The van der Waals surface area contributed by atoms with Crippen LogP contribution in [-0.4, -0.2) is 49.8 Å². The number of aromatic amines is 1. The second kappa shape index (κ2) is 8.65. The number of imidazole rings is 1. The Morgan fingerprint density at radius 1 is 1.21 bits per heavy atom. The molecule has 176 valence electrons. The monoisotopic (exact) mass is 461 g/mol. The van der Waals surface area contributed by atoms with E-state index in [9.17, 15) is 4.79 Å². The van der Waals surface area contributed by atoms with Gasteiger partial charge in [-0.3, -0.25) is 9.89 Å². The zero-order valence-electron chi connectivity index (χ0n) is 19.5. The number of benzene rings is 1. The molecular formula is C23H27N9O2. The molecule has 3 heterocycles. The first-order valence-electron chi connectivity index (χ1n) is 11.2. The first-order chi connectivity index (χ1) is 16.5. The molecule has 11 heteroatoms. The third-order valence-corrected chi connectivity index (χ3v) is 5.78. The third kappa shape index (κ3) is 4.12. The minimum atomic E-state index is -0.195. The molecule has 0 saturated heterocycles. The van der Waals surface area contributed by atoms with Crippen LogP contribution in [0.25, 0.3) is 11.2 Å². The average molecular weight is 462 g/mol. The minimum absolute atomic E-state index is 0.161. The van der Waals surface area contributed by atoms with Crippen molar-refractivity contribution >= 4 is 40.3 Å². The number of nitrogens with one attached hydrogen (secondary N) is 4. The predicted octanol–water partition coefficient (Wildman–Crippen LogP) is 3.86. The van der Waals surface area contributed by atoms with Gasteiger partial charge in [0.2, 0.25) is 5.95 Å². The highest BCUT2D eigenvalue weighted by Gasteiger charge is 2.26. The normalized spacial score (nSPS) is 13.3. The van der Waals surface area contributed by atoms with Crippen molar-refractivity contribution in [2.45, 2.75) is 38.6 Å². The van der Waals surface area contributed by atoms with Crippen molar-refractivity contribution in [3.8, 4) is 5.75 Å². The van der Waals surface area contributed by atoms with Crippen molar-refractivity contribution in [2.75, 3.05) is 24.8 Å². The van der Waals surface area contributed by atoms with Crippen LogP contribution < -0.4 is 20.7 Å². The van der Waals surface area contributed by atoms with Gasteiger partial charge in [-0.15, -0.1) is 0 Å². The van der Waals surface area contributed by atoms with Crippen molar-refractivity contribution in [3.63, 3.8) is 0 Å². The number of hydrogen-bond donors (Lipinski definition) is 4. The molecule has 11 nitrogen and oxygen atoms in total. The molecule has 0 atom stereocenters. The molecule has 5 rings (SSSR count). The molecule has 0 spiro atoms. The average Bonchev–Trinajstić information content (AvgIpc) is 3.42. The van der Waals surface area contributed by atoms with Crippen molar-refractivity contribution < 1.29 is 9.53 Å². The van der Waals surface area contributed by atoms with Crippen LogP contribution >= 0.6 is 0 Å². The highest BCUT2D eigenvalue weighted by atomic mass is 16.5. The van der Waals surface area contributed by atoms with Gasteiger partial charge in [-0.05, 0) is 44.9 Å². The molecule has 0 unspecified atom stereocenters. The quantitative estimate of drug-likeness (QED) is 0.311. The Bertz CT molecular complexity index is 1350. The van der Waals surface area contributed by atoms with Crippen LogP contribution in [0.1, 0.15) is 54.7 Å². The summed E-state index contributed by atoms with van der Waals surface area (Å²) in [5, 5.41) is 16.6. The lowest BCUT2D eigenvalue weighted by atomic mass is 10.1. The fraction of sp³-hybridized carbons (Fsp3) is 0.348. The van der Waals surface area contributed by atoms with E-state index >= 15 is 0 Å². The van der Waals surface area contributed by atoms with E-state index in [1.165, 1.54) is 12.8 Å². The molecule has 4 aromatic rings. The van der Waals surface area contributed by atoms with Crippen LogP contribution in [-0.2, 0) is 0 Å². The molecule has 3 aromatic heterocycles. The minimum Gasteiger partial charge on any atom is -0.495 e. The summed E-state index contributed by atoms with van der Waals surface area (Å²) in [6, 6.07) is 7.32. The van der Waals surface area contributed by atoms with Gasteiger partial charge < -0.3 is 25.3 Å². The molecule has 4 N–H and O–H groups in total. The molecule has 0 aliphatic heterocycles. The number of nitrogens with zero attached hydrogens (tertiary/aromatic N) is 5. The Morgan fingerprint density at radius 3 is 2.74 bits per heavy atom. The topological polar surface area (TPSA) is 135 Å². The first-order valence-corrected chi connectivity index (χ1v) is 11.2. The van der Waals surface area contributed by atoms with E-state index in [1.54, 1.807) is 38.7 Å². The smallest absolute Gasteiger partial charge is 0.251 e. The van der Waals surface area contributed by atoms with Crippen LogP contribution in [0.3, 0.4) is 0 Å². The molecule has 1 saturated carbocycles. The molecule has 1 aromatic carbocycles. The van der Waals surface area contributed by atoms with E-state index in [2.05, 4.69) is 50.0 Å². The van der Waals surface area contributed by atoms with Crippen molar-refractivity contribution in [2.24, 2.45) is 0 Å². The van der Waals surface area contributed by atoms with E-state index in [4.69, 9.17) is 9.72 Å². The molecule has 1 fully saturated rings.